The molecule has 1 aliphatic rings. The van der Waals surface area contributed by atoms with Crippen LogP contribution in [-0.4, -0.2) is 60.3 Å². The van der Waals surface area contributed by atoms with Crippen molar-refractivity contribution in [1.82, 2.24) is 15.5 Å². The van der Waals surface area contributed by atoms with Crippen LogP contribution in [0.5, 0.6) is 0 Å². The minimum Gasteiger partial charge on any atom is -0.458 e. The fourth-order valence-electron chi connectivity index (χ4n) is 4.43. The summed E-state index contributed by atoms with van der Waals surface area (Å²) in [7, 11) is 0. The lowest BCUT2D eigenvalue weighted by Crippen LogP contribution is -2.49. The Bertz CT molecular complexity index is 879. The maximum Gasteiger partial charge on any atom is 0.329 e. The van der Waals surface area contributed by atoms with Gasteiger partial charge in [0, 0.05) is 25.6 Å². The van der Waals surface area contributed by atoms with E-state index in [0.29, 0.717) is 32.7 Å². The van der Waals surface area contributed by atoms with Crippen molar-refractivity contribution in [3.05, 3.63) is 35.4 Å². The molecule has 2 unspecified atom stereocenters. The first-order valence-corrected chi connectivity index (χ1v) is 13.6. The average molecular weight is 518 g/mol. The Morgan fingerprint density at radius 1 is 1.11 bits per heavy atom. The van der Waals surface area contributed by atoms with Crippen LogP contribution in [0.3, 0.4) is 0 Å². The predicted molar refractivity (Wildman–Crippen MR) is 145 cm³/mol. The quantitative estimate of drug-likeness (QED) is 0.419. The number of carbonyl (C=O) groups excluding carboxylic acids is 3. The molecule has 1 aromatic carbocycles. The van der Waals surface area contributed by atoms with Gasteiger partial charge in [0.05, 0.1) is 12.7 Å². The van der Waals surface area contributed by atoms with Crippen molar-refractivity contribution in [3.8, 4) is 0 Å². The van der Waals surface area contributed by atoms with Crippen LogP contribution in [0.1, 0.15) is 78.4 Å². The van der Waals surface area contributed by atoms with Crippen LogP contribution in [0.25, 0.3) is 0 Å². The van der Waals surface area contributed by atoms with E-state index in [9.17, 15) is 14.4 Å². The second-order valence-corrected chi connectivity index (χ2v) is 11.4. The van der Waals surface area contributed by atoms with Crippen LogP contribution >= 0.6 is 0 Å². The molecule has 0 aliphatic heterocycles. The summed E-state index contributed by atoms with van der Waals surface area (Å²) >= 11 is 0. The molecule has 0 saturated heterocycles. The van der Waals surface area contributed by atoms with Gasteiger partial charge in [-0.2, -0.15) is 0 Å². The molecule has 0 radical (unpaired) electrons. The van der Waals surface area contributed by atoms with Crippen LogP contribution < -0.4 is 10.6 Å². The standard InChI is InChI=1S/C29H47N3O5/c1-8-30-28(35)32(19-22-14-12-21(4)13-15-22)16-17-36-24-11-9-10-23(18-24)26(33)31-25(20(2)3)27(34)37-29(5,6)7/h12-15,20,23-25H,8-11,16-19H2,1-7H3,(H,30,35)(H,31,33)/t23?,24?,25-/m0/s1. The number of nitrogens with one attached hydrogen (secondary N) is 2. The summed E-state index contributed by atoms with van der Waals surface area (Å²) in [6.07, 6.45) is 3.07. The third kappa shape index (κ3) is 10.7. The molecular formula is C29H47N3O5. The molecule has 8 nitrogen and oxygen atoms in total. The Morgan fingerprint density at radius 2 is 1.78 bits per heavy atom. The maximum atomic E-state index is 13.1. The number of benzene rings is 1. The van der Waals surface area contributed by atoms with Crippen LogP contribution in [0.15, 0.2) is 24.3 Å². The van der Waals surface area contributed by atoms with E-state index in [-0.39, 0.29) is 29.9 Å². The summed E-state index contributed by atoms with van der Waals surface area (Å²) in [4.78, 5) is 40.1. The number of esters is 1. The molecule has 2 N–H and O–H groups in total. The zero-order valence-electron chi connectivity index (χ0n) is 23.8. The third-order valence-corrected chi connectivity index (χ3v) is 6.45. The Morgan fingerprint density at radius 3 is 2.38 bits per heavy atom. The second-order valence-electron chi connectivity index (χ2n) is 11.4. The fourth-order valence-corrected chi connectivity index (χ4v) is 4.43. The smallest absolute Gasteiger partial charge is 0.329 e. The first kappa shape index (κ1) is 30.6. The minimum atomic E-state index is -0.680. The monoisotopic (exact) mass is 517 g/mol. The van der Waals surface area contributed by atoms with E-state index in [1.54, 1.807) is 4.90 Å². The number of nitrogens with zero attached hydrogens (tertiary/aromatic N) is 1. The zero-order chi connectivity index (χ0) is 27.6. The van der Waals surface area contributed by atoms with Crippen molar-refractivity contribution in [3.63, 3.8) is 0 Å². The van der Waals surface area contributed by atoms with Crippen LogP contribution in [0.2, 0.25) is 0 Å². The summed E-state index contributed by atoms with van der Waals surface area (Å²) < 4.78 is 11.7. The third-order valence-electron chi connectivity index (χ3n) is 6.45. The molecule has 3 atom stereocenters. The maximum absolute atomic E-state index is 13.1. The van der Waals surface area contributed by atoms with E-state index < -0.39 is 17.6 Å². The molecule has 1 aliphatic carbocycles. The van der Waals surface area contributed by atoms with E-state index in [2.05, 4.69) is 10.6 Å². The number of aryl methyl sites for hydroxylation is 1. The SMILES string of the molecule is CCNC(=O)N(CCOC1CCCC(C(=O)N[C@H](C(=O)OC(C)(C)C)C(C)C)C1)Cc1ccc(C)cc1. The minimum absolute atomic E-state index is 0.0565. The van der Waals surface area contributed by atoms with E-state index in [0.717, 1.165) is 24.8 Å². The number of amides is 3. The highest BCUT2D eigenvalue weighted by atomic mass is 16.6. The molecule has 0 spiro atoms. The summed E-state index contributed by atoms with van der Waals surface area (Å²) in [6, 6.07) is 7.36. The van der Waals surface area contributed by atoms with Gasteiger partial charge in [-0.05, 0) is 65.4 Å². The summed E-state index contributed by atoms with van der Waals surface area (Å²) in [5.74, 6) is -0.822. The molecule has 0 bridgehead atoms. The van der Waals surface area contributed by atoms with Crippen molar-refractivity contribution < 1.29 is 23.9 Å². The van der Waals surface area contributed by atoms with Gasteiger partial charge in [-0.25, -0.2) is 9.59 Å². The molecule has 0 heterocycles. The molecule has 1 fully saturated rings. The Kier molecular flexibility index (Phi) is 11.9. The van der Waals surface area contributed by atoms with E-state index >= 15 is 0 Å². The Hall–Kier alpha value is -2.61. The highest BCUT2D eigenvalue weighted by Gasteiger charge is 2.33. The van der Waals surface area contributed by atoms with Crippen molar-refractivity contribution >= 4 is 17.9 Å². The predicted octanol–water partition coefficient (Wildman–Crippen LogP) is 4.58. The molecule has 37 heavy (non-hydrogen) atoms. The van der Waals surface area contributed by atoms with Crippen molar-refractivity contribution in [2.75, 3.05) is 19.7 Å². The number of hydrogen-bond donors (Lipinski definition) is 2. The van der Waals surface area contributed by atoms with Gasteiger partial charge in [0.25, 0.3) is 0 Å². The first-order chi connectivity index (χ1) is 17.4. The number of urea groups is 1. The van der Waals surface area contributed by atoms with E-state index in [4.69, 9.17) is 9.47 Å². The van der Waals surface area contributed by atoms with Gasteiger partial charge in [0.2, 0.25) is 5.91 Å². The highest BCUT2D eigenvalue weighted by Crippen LogP contribution is 2.27. The van der Waals surface area contributed by atoms with Gasteiger partial charge in [0.1, 0.15) is 11.6 Å². The largest absolute Gasteiger partial charge is 0.458 e. The summed E-state index contributed by atoms with van der Waals surface area (Å²) in [6.45, 7) is 15.1. The van der Waals surface area contributed by atoms with Gasteiger partial charge in [-0.3, -0.25) is 4.79 Å². The average Bonchev–Trinajstić information content (AvgIpc) is 2.82. The van der Waals surface area contributed by atoms with Crippen LogP contribution in [0, 0.1) is 18.8 Å². The topological polar surface area (TPSA) is 97.0 Å². The molecule has 1 aromatic rings. The fraction of sp³-hybridized carbons (Fsp3) is 0.690. The second kappa shape index (κ2) is 14.4. The number of rotatable bonds is 11. The highest BCUT2D eigenvalue weighted by molar-refractivity contribution is 5.86. The van der Waals surface area contributed by atoms with Gasteiger partial charge >= 0.3 is 12.0 Å². The van der Waals surface area contributed by atoms with Gasteiger partial charge in [-0.15, -0.1) is 0 Å². The summed E-state index contributed by atoms with van der Waals surface area (Å²) in [5, 5.41) is 5.81. The molecule has 3 amide bonds. The number of carbonyl (C=O) groups is 3. The Labute approximate surface area is 222 Å². The summed E-state index contributed by atoms with van der Waals surface area (Å²) in [5.41, 5.74) is 1.63. The van der Waals surface area contributed by atoms with Gasteiger partial charge < -0.3 is 25.0 Å². The zero-order valence-corrected chi connectivity index (χ0v) is 23.8. The van der Waals surface area contributed by atoms with Crippen LogP contribution in [0.4, 0.5) is 4.79 Å². The Balaban J connectivity index is 1.90. The van der Waals surface area contributed by atoms with Crippen LogP contribution in [-0.2, 0) is 25.6 Å². The van der Waals surface area contributed by atoms with Crippen molar-refractivity contribution in [2.45, 2.75) is 98.4 Å². The van der Waals surface area contributed by atoms with Crippen molar-refractivity contribution in [2.24, 2.45) is 11.8 Å². The van der Waals surface area contributed by atoms with Crippen molar-refractivity contribution in [1.29, 1.82) is 0 Å². The molecule has 8 heteroatoms. The molecular weight excluding hydrogens is 470 g/mol. The number of ether oxygens (including phenoxy) is 2. The molecule has 2 rings (SSSR count). The van der Waals surface area contributed by atoms with E-state index in [1.807, 2.05) is 72.7 Å². The molecule has 208 valence electrons. The lowest BCUT2D eigenvalue weighted by molar-refractivity contribution is -0.160. The van der Waals surface area contributed by atoms with Gasteiger partial charge in [0.15, 0.2) is 0 Å². The van der Waals surface area contributed by atoms with Gasteiger partial charge in [-0.1, -0.05) is 50.1 Å². The van der Waals surface area contributed by atoms with E-state index in [1.165, 1.54) is 5.56 Å². The molecule has 1 saturated carbocycles. The normalized spacial score (nSPS) is 18.7. The molecule has 0 aromatic heterocycles. The first-order valence-electron chi connectivity index (χ1n) is 13.6. The lowest BCUT2D eigenvalue weighted by atomic mass is 9.86. The lowest BCUT2D eigenvalue weighted by Gasteiger charge is -2.32. The number of hydrogen-bond acceptors (Lipinski definition) is 5.